The first-order valence-electron chi connectivity index (χ1n) is 10.6. The standard InChI is InChI=1S/C25H17ClN4O5/c26-19-13-15(7-10-20(19)29-24(34)17-3-1-2-4-18(17)25(29)35)27-23(33)14-5-8-16(9-6-14)30-22(32)12-11-21(31)28-30/h1-10,13H,11-12H2,(H,27,33)(H,28,31). The maximum atomic E-state index is 12.7. The van der Waals surface area contributed by atoms with E-state index in [1.807, 2.05) is 0 Å². The molecular weight excluding hydrogens is 472 g/mol. The molecule has 2 heterocycles. The molecule has 1 saturated heterocycles. The summed E-state index contributed by atoms with van der Waals surface area (Å²) in [4.78, 5) is 62.8. The Morgan fingerprint density at radius 3 is 2.14 bits per heavy atom. The Bertz CT molecular complexity index is 1380. The molecule has 0 radical (unpaired) electrons. The first-order chi connectivity index (χ1) is 16.8. The van der Waals surface area contributed by atoms with Crippen LogP contribution in [0, 0.1) is 0 Å². The number of anilines is 3. The number of carbonyl (C=O) groups is 5. The van der Waals surface area contributed by atoms with Gasteiger partial charge in [0.15, 0.2) is 0 Å². The van der Waals surface area contributed by atoms with Crippen molar-refractivity contribution >= 4 is 58.2 Å². The Balaban J connectivity index is 1.31. The fourth-order valence-corrected chi connectivity index (χ4v) is 4.19. The number of hydrazine groups is 1. The molecule has 0 aromatic heterocycles. The molecule has 0 unspecified atom stereocenters. The molecule has 0 spiro atoms. The van der Waals surface area contributed by atoms with Crippen LogP contribution in [0.25, 0.3) is 0 Å². The molecule has 0 saturated carbocycles. The fourth-order valence-electron chi connectivity index (χ4n) is 3.92. The van der Waals surface area contributed by atoms with Crippen LogP contribution in [0.5, 0.6) is 0 Å². The first-order valence-corrected chi connectivity index (χ1v) is 11.0. The fraction of sp³-hybridized carbons (Fsp3) is 0.0800. The summed E-state index contributed by atoms with van der Waals surface area (Å²) in [7, 11) is 0. The Kier molecular flexibility index (Phi) is 5.54. The maximum absolute atomic E-state index is 12.7. The molecule has 35 heavy (non-hydrogen) atoms. The number of rotatable bonds is 4. The van der Waals surface area contributed by atoms with Gasteiger partial charge in [0.2, 0.25) is 11.8 Å². The van der Waals surface area contributed by atoms with Crippen molar-refractivity contribution in [3.8, 4) is 0 Å². The molecule has 5 rings (SSSR count). The molecule has 0 aliphatic carbocycles. The number of nitrogens with zero attached hydrogens (tertiary/aromatic N) is 2. The van der Waals surface area contributed by atoms with Gasteiger partial charge in [-0.2, -0.15) is 0 Å². The van der Waals surface area contributed by atoms with Crippen LogP contribution in [-0.4, -0.2) is 29.5 Å². The summed E-state index contributed by atoms with van der Waals surface area (Å²) in [6, 6.07) is 17.2. The first kappa shape index (κ1) is 22.3. The Hall–Kier alpha value is -4.50. The molecule has 9 nitrogen and oxygen atoms in total. The number of nitrogens with one attached hydrogen (secondary N) is 2. The number of hydrogen-bond acceptors (Lipinski definition) is 5. The van der Waals surface area contributed by atoms with E-state index in [-0.39, 0.29) is 35.4 Å². The average Bonchev–Trinajstić information content (AvgIpc) is 3.11. The average molecular weight is 489 g/mol. The zero-order valence-electron chi connectivity index (χ0n) is 18.1. The quantitative estimate of drug-likeness (QED) is 0.545. The monoisotopic (exact) mass is 488 g/mol. The van der Waals surface area contributed by atoms with E-state index in [4.69, 9.17) is 11.6 Å². The highest BCUT2D eigenvalue weighted by Crippen LogP contribution is 2.35. The predicted molar refractivity (Wildman–Crippen MR) is 128 cm³/mol. The Morgan fingerprint density at radius 2 is 1.51 bits per heavy atom. The van der Waals surface area contributed by atoms with Gasteiger partial charge < -0.3 is 5.32 Å². The SMILES string of the molecule is O=C1CCC(=O)N(c2ccc(C(=O)Nc3ccc(N4C(=O)c5ccccc5C4=O)c(Cl)c3)cc2)N1. The summed E-state index contributed by atoms with van der Waals surface area (Å²) in [6.45, 7) is 0. The predicted octanol–water partition coefficient (Wildman–Crippen LogP) is 3.55. The van der Waals surface area contributed by atoms with E-state index in [2.05, 4.69) is 10.7 Å². The topological polar surface area (TPSA) is 116 Å². The Morgan fingerprint density at radius 1 is 0.857 bits per heavy atom. The highest BCUT2D eigenvalue weighted by molar-refractivity contribution is 6.40. The normalized spacial score (nSPS) is 15.2. The molecule has 2 aliphatic rings. The second kappa shape index (κ2) is 8.69. The zero-order valence-corrected chi connectivity index (χ0v) is 18.8. The third-order valence-corrected chi connectivity index (χ3v) is 5.98. The molecule has 0 bridgehead atoms. The maximum Gasteiger partial charge on any atom is 0.266 e. The van der Waals surface area contributed by atoms with Crippen LogP contribution in [0.3, 0.4) is 0 Å². The Labute approximate surface area is 204 Å². The number of amides is 5. The molecule has 3 aromatic rings. The van der Waals surface area contributed by atoms with E-state index in [0.717, 1.165) is 9.91 Å². The van der Waals surface area contributed by atoms with Gasteiger partial charge in [-0.1, -0.05) is 23.7 Å². The zero-order chi connectivity index (χ0) is 24.7. The van der Waals surface area contributed by atoms with Gasteiger partial charge in [-0.3, -0.25) is 29.4 Å². The van der Waals surface area contributed by atoms with Crippen molar-refractivity contribution in [2.45, 2.75) is 12.8 Å². The molecule has 2 aliphatic heterocycles. The van der Waals surface area contributed by atoms with Crippen molar-refractivity contribution in [1.82, 2.24) is 5.43 Å². The van der Waals surface area contributed by atoms with Gasteiger partial charge in [0, 0.05) is 24.1 Å². The summed E-state index contributed by atoms with van der Waals surface area (Å²) in [5.74, 6) is -1.86. The lowest BCUT2D eigenvalue weighted by molar-refractivity contribution is -0.130. The molecule has 0 atom stereocenters. The van der Waals surface area contributed by atoms with Gasteiger partial charge in [0.05, 0.1) is 27.5 Å². The second-order valence-corrected chi connectivity index (χ2v) is 8.33. The van der Waals surface area contributed by atoms with Crippen LogP contribution in [0.4, 0.5) is 17.1 Å². The van der Waals surface area contributed by atoms with Crippen molar-refractivity contribution in [3.63, 3.8) is 0 Å². The van der Waals surface area contributed by atoms with Gasteiger partial charge in [-0.25, -0.2) is 9.91 Å². The molecule has 3 aromatic carbocycles. The number of benzene rings is 3. The van der Waals surface area contributed by atoms with Crippen LogP contribution in [0.15, 0.2) is 66.7 Å². The third kappa shape index (κ3) is 4.02. The van der Waals surface area contributed by atoms with Gasteiger partial charge in [-0.15, -0.1) is 0 Å². The van der Waals surface area contributed by atoms with Crippen molar-refractivity contribution < 1.29 is 24.0 Å². The summed E-state index contributed by atoms with van der Waals surface area (Å²) in [5, 5.41) is 3.98. The lowest BCUT2D eigenvalue weighted by atomic mass is 10.1. The van der Waals surface area contributed by atoms with Gasteiger partial charge in [0.25, 0.3) is 17.7 Å². The third-order valence-electron chi connectivity index (χ3n) is 5.68. The summed E-state index contributed by atoms with van der Waals surface area (Å²) in [5.41, 5.74) is 4.44. The van der Waals surface area contributed by atoms with Crippen LogP contribution >= 0.6 is 11.6 Å². The van der Waals surface area contributed by atoms with Crippen molar-refractivity contribution in [1.29, 1.82) is 0 Å². The summed E-state index contributed by atoms with van der Waals surface area (Å²) < 4.78 is 0. The lowest BCUT2D eigenvalue weighted by Gasteiger charge is -2.27. The van der Waals surface area contributed by atoms with Crippen molar-refractivity contribution in [3.05, 3.63) is 88.4 Å². The highest BCUT2D eigenvalue weighted by atomic mass is 35.5. The van der Waals surface area contributed by atoms with E-state index in [9.17, 15) is 24.0 Å². The number of halogens is 1. The van der Waals surface area contributed by atoms with Crippen molar-refractivity contribution in [2.24, 2.45) is 0 Å². The number of carbonyl (C=O) groups excluding carboxylic acids is 5. The van der Waals surface area contributed by atoms with Gasteiger partial charge >= 0.3 is 0 Å². The second-order valence-electron chi connectivity index (χ2n) is 7.92. The molecule has 10 heteroatoms. The minimum Gasteiger partial charge on any atom is -0.322 e. The summed E-state index contributed by atoms with van der Waals surface area (Å²) >= 11 is 6.38. The minimum absolute atomic E-state index is 0.117. The van der Waals surface area contributed by atoms with E-state index in [1.54, 1.807) is 42.5 Å². The highest BCUT2D eigenvalue weighted by Gasteiger charge is 2.37. The van der Waals surface area contributed by atoms with Crippen LogP contribution < -0.4 is 20.7 Å². The van der Waals surface area contributed by atoms with Crippen LogP contribution in [0.2, 0.25) is 5.02 Å². The molecular formula is C25H17ClN4O5. The minimum atomic E-state index is -0.465. The van der Waals surface area contributed by atoms with Gasteiger partial charge in [0.1, 0.15) is 0 Å². The molecule has 2 N–H and O–H groups in total. The smallest absolute Gasteiger partial charge is 0.266 e. The number of fused-ring (bicyclic) bond motifs is 1. The molecule has 174 valence electrons. The molecule has 1 fully saturated rings. The van der Waals surface area contributed by atoms with E-state index in [1.165, 1.54) is 24.3 Å². The van der Waals surface area contributed by atoms with E-state index >= 15 is 0 Å². The summed E-state index contributed by atoms with van der Waals surface area (Å²) in [6.07, 6.45) is 0.260. The van der Waals surface area contributed by atoms with Crippen LogP contribution in [0.1, 0.15) is 43.9 Å². The van der Waals surface area contributed by atoms with E-state index in [0.29, 0.717) is 28.1 Å². The largest absolute Gasteiger partial charge is 0.322 e. The van der Waals surface area contributed by atoms with E-state index < -0.39 is 17.7 Å². The number of imide groups is 1. The molecule has 5 amide bonds. The van der Waals surface area contributed by atoms with Crippen LogP contribution in [-0.2, 0) is 9.59 Å². The van der Waals surface area contributed by atoms with Gasteiger partial charge in [-0.05, 0) is 54.6 Å². The lowest BCUT2D eigenvalue weighted by Crippen LogP contribution is -2.50. The number of hydrogen-bond donors (Lipinski definition) is 2. The van der Waals surface area contributed by atoms with Crippen molar-refractivity contribution in [2.75, 3.05) is 15.2 Å².